The molecule has 0 radical (unpaired) electrons. The highest BCUT2D eigenvalue weighted by Crippen LogP contribution is 2.24. The Hall–Kier alpha value is -2.40. The predicted molar refractivity (Wildman–Crippen MR) is 79.7 cm³/mol. The van der Waals surface area contributed by atoms with Gasteiger partial charge in [0.1, 0.15) is 0 Å². The molecule has 0 spiro atoms. The Labute approximate surface area is 123 Å². The van der Waals surface area contributed by atoms with Crippen LogP contribution in [0.2, 0.25) is 0 Å². The van der Waals surface area contributed by atoms with Crippen molar-refractivity contribution >= 4 is 6.09 Å². The molecule has 5 nitrogen and oxygen atoms in total. The Morgan fingerprint density at radius 1 is 1.14 bits per heavy atom. The van der Waals surface area contributed by atoms with E-state index in [1.807, 2.05) is 24.3 Å². The average molecular weight is 286 g/mol. The fourth-order valence-electron chi connectivity index (χ4n) is 2.21. The number of aryl methyl sites for hydroxylation is 1. The first-order valence-corrected chi connectivity index (χ1v) is 6.89. The van der Waals surface area contributed by atoms with E-state index >= 15 is 0 Å². The van der Waals surface area contributed by atoms with E-state index in [0.29, 0.717) is 6.54 Å². The zero-order valence-electron chi connectivity index (χ0n) is 11.7. The van der Waals surface area contributed by atoms with E-state index < -0.39 is 6.09 Å². The topological polar surface area (TPSA) is 71.5 Å². The van der Waals surface area contributed by atoms with Crippen LogP contribution in [0, 0.1) is 0 Å². The second-order valence-corrected chi connectivity index (χ2v) is 4.66. The standard InChI is InChI=1S/C16H18N2O3/c19-16(21-20)18-10-4-3-6-13-5-1-2-7-15(13)14-8-11-17-12-9-14/h1-2,5,7-9,11-12,20H,3-4,6,10H2,(H,18,19). The summed E-state index contributed by atoms with van der Waals surface area (Å²) in [5.41, 5.74) is 3.64. The minimum Gasteiger partial charge on any atom is -0.319 e. The molecular weight excluding hydrogens is 268 g/mol. The third-order valence-corrected chi connectivity index (χ3v) is 3.23. The molecule has 1 heterocycles. The van der Waals surface area contributed by atoms with E-state index in [-0.39, 0.29) is 0 Å². The zero-order chi connectivity index (χ0) is 14.9. The number of rotatable bonds is 6. The summed E-state index contributed by atoms with van der Waals surface area (Å²) in [6.45, 7) is 0.483. The Bertz CT molecular complexity index is 573. The van der Waals surface area contributed by atoms with E-state index in [4.69, 9.17) is 5.26 Å². The lowest BCUT2D eigenvalue weighted by atomic mass is 9.97. The number of carbonyl (C=O) groups excluding carboxylic acids is 1. The quantitative estimate of drug-likeness (QED) is 0.485. The fraction of sp³-hybridized carbons (Fsp3) is 0.250. The van der Waals surface area contributed by atoms with Crippen molar-refractivity contribution in [2.45, 2.75) is 19.3 Å². The molecule has 0 fully saturated rings. The summed E-state index contributed by atoms with van der Waals surface area (Å²) < 4.78 is 0. The number of benzene rings is 1. The predicted octanol–water partition coefficient (Wildman–Crippen LogP) is 3.27. The molecule has 2 aromatic rings. The maximum absolute atomic E-state index is 10.7. The average Bonchev–Trinajstić information content (AvgIpc) is 2.55. The molecule has 5 heteroatoms. The van der Waals surface area contributed by atoms with Crippen LogP contribution in [0.15, 0.2) is 48.8 Å². The molecular formula is C16H18N2O3. The van der Waals surface area contributed by atoms with Crippen LogP contribution in [-0.2, 0) is 11.3 Å². The Balaban J connectivity index is 1.91. The summed E-state index contributed by atoms with van der Waals surface area (Å²) in [4.78, 5) is 18.3. The Morgan fingerprint density at radius 3 is 2.67 bits per heavy atom. The van der Waals surface area contributed by atoms with Gasteiger partial charge in [-0.3, -0.25) is 9.87 Å². The highest BCUT2D eigenvalue weighted by molar-refractivity contribution is 5.67. The molecule has 1 aromatic heterocycles. The number of amides is 1. The van der Waals surface area contributed by atoms with Crippen LogP contribution in [0.3, 0.4) is 0 Å². The Kier molecular flexibility index (Phi) is 5.72. The van der Waals surface area contributed by atoms with Gasteiger partial charge in [-0.2, -0.15) is 5.26 Å². The van der Waals surface area contributed by atoms with Gasteiger partial charge in [0.25, 0.3) is 0 Å². The van der Waals surface area contributed by atoms with Crippen molar-refractivity contribution in [3.8, 4) is 11.1 Å². The van der Waals surface area contributed by atoms with Crippen molar-refractivity contribution in [3.05, 3.63) is 54.4 Å². The molecule has 110 valence electrons. The molecule has 0 saturated carbocycles. The molecule has 2 N–H and O–H groups in total. The highest BCUT2D eigenvalue weighted by atomic mass is 17.1. The van der Waals surface area contributed by atoms with Crippen LogP contribution in [0.5, 0.6) is 0 Å². The van der Waals surface area contributed by atoms with Gasteiger partial charge in [0.05, 0.1) is 0 Å². The third-order valence-electron chi connectivity index (χ3n) is 3.23. The lowest BCUT2D eigenvalue weighted by molar-refractivity contribution is -0.177. The van der Waals surface area contributed by atoms with Crippen LogP contribution < -0.4 is 5.32 Å². The van der Waals surface area contributed by atoms with Crippen molar-refractivity contribution in [1.82, 2.24) is 10.3 Å². The van der Waals surface area contributed by atoms with Crippen LogP contribution in [0.25, 0.3) is 11.1 Å². The van der Waals surface area contributed by atoms with Gasteiger partial charge < -0.3 is 5.32 Å². The minimum atomic E-state index is -0.813. The van der Waals surface area contributed by atoms with Gasteiger partial charge in [-0.25, -0.2) is 4.79 Å². The summed E-state index contributed by atoms with van der Waals surface area (Å²) in [5.74, 6) is 0. The smallest absolute Gasteiger partial charge is 0.319 e. The van der Waals surface area contributed by atoms with Gasteiger partial charge in [-0.15, -0.1) is 0 Å². The molecule has 0 bridgehead atoms. The number of unbranched alkanes of at least 4 members (excludes halogenated alkanes) is 1. The van der Waals surface area contributed by atoms with Crippen LogP contribution in [0.4, 0.5) is 4.79 Å². The number of nitrogens with one attached hydrogen (secondary N) is 1. The molecule has 0 unspecified atom stereocenters. The van der Waals surface area contributed by atoms with E-state index in [1.54, 1.807) is 12.4 Å². The van der Waals surface area contributed by atoms with Crippen molar-refractivity contribution < 1.29 is 14.9 Å². The minimum absolute atomic E-state index is 0.483. The van der Waals surface area contributed by atoms with Crippen molar-refractivity contribution in [2.75, 3.05) is 6.54 Å². The summed E-state index contributed by atoms with van der Waals surface area (Å²) in [6, 6.07) is 12.3. The van der Waals surface area contributed by atoms with Crippen LogP contribution >= 0.6 is 0 Å². The lowest BCUT2D eigenvalue weighted by Gasteiger charge is -2.09. The molecule has 0 aliphatic rings. The second-order valence-electron chi connectivity index (χ2n) is 4.66. The lowest BCUT2D eigenvalue weighted by Crippen LogP contribution is -2.24. The summed E-state index contributed by atoms with van der Waals surface area (Å²) in [6.07, 6.45) is 5.45. The molecule has 1 aromatic carbocycles. The molecule has 21 heavy (non-hydrogen) atoms. The van der Waals surface area contributed by atoms with Gasteiger partial charge in [0, 0.05) is 18.9 Å². The SMILES string of the molecule is O=C(NCCCCc1ccccc1-c1ccncc1)OO. The summed E-state index contributed by atoms with van der Waals surface area (Å²) in [7, 11) is 0. The van der Waals surface area contributed by atoms with Gasteiger partial charge >= 0.3 is 6.09 Å². The molecule has 0 atom stereocenters. The van der Waals surface area contributed by atoms with Gasteiger partial charge in [-0.05, 0) is 48.1 Å². The first-order chi connectivity index (χ1) is 10.3. The molecule has 0 aliphatic carbocycles. The van der Waals surface area contributed by atoms with Gasteiger partial charge in [0.2, 0.25) is 0 Å². The van der Waals surface area contributed by atoms with Crippen molar-refractivity contribution in [2.24, 2.45) is 0 Å². The first-order valence-electron chi connectivity index (χ1n) is 6.89. The largest absolute Gasteiger partial charge is 0.438 e. The molecule has 0 saturated heterocycles. The second kappa shape index (κ2) is 8.01. The van der Waals surface area contributed by atoms with Crippen molar-refractivity contribution in [1.29, 1.82) is 0 Å². The zero-order valence-corrected chi connectivity index (χ0v) is 11.7. The van der Waals surface area contributed by atoms with Crippen LogP contribution in [0.1, 0.15) is 18.4 Å². The van der Waals surface area contributed by atoms with E-state index in [2.05, 4.69) is 27.3 Å². The highest BCUT2D eigenvalue weighted by Gasteiger charge is 2.04. The number of hydrogen-bond acceptors (Lipinski definition) is 4. The third kappa shape index (κ3) is 4.57. The number of aromatic nitrogens is 1. The maximum atomic E-state index is 10.7. The summed E-state index contributed by atoms with van der Waals surface area (Å²) >= 11 is 0. The fourth-order valence-corrected chi connectivity index (χ4v) is 2.21. The number of carbonyl (C=O) groups is 1. The first kappa shape index (κ1) is 15.0. The molecule has 2 rings (SSSR count). The molecule has 1 amide bonds. The monoisotopic (exact) mass is 286 g/mol. The number of nitrogens with zero attached hydrogens (tertiary/aromatic N) is 1. The molecule has 0 aliphatic heterocycles. The summed E-state index contributed by atoms with van der Waals surface area (Å²) in [5, 5.41) is 10.6. The van der Waals surface area contributed by atoms with Gasteiger partial charge in [0.15, 0.2) is 0 Å². The van der Waals surface area contributed by atoms with E-state index in [9.17, 15) is 4.79 Å². The number of pyridine rings is 1. The normalized spacial score (nSPS) is 10.1. The maximum Gasteiger partial charge on any atom is 0.438 e. The van der Waals surface area contributed by atoms with E-state index in [1.165, 1.54) is 11.1 Å². The van der Waals surface area contributed by atoms with Gasteiger partial charge in [-0.1, -0.05) is 24.3 Å². The number of hydrogen-bond donors (Lipinski definition) is 2. The van der Waals surface area contributed by atoms with Crippen molar-refractivity contribution in [3.63, 3.8) is 0 Å². The van der Waals surface area contributed by atoms with E-state index in [0.717, 1.165) is 24.8 Å². The Morgan fingerprint density at radius 2 is 1.90 bits per heavy atom. The van der Waals surface area contributed by atoms with Crippen LogP contribution in [-0.4, -0.2) is 22.9 Å².